The van der Waals surface area contributed by atoms with Crippen LogP contribution in [0.15, 0.2) is 29.6 Å². The second kappa shape index (κ2) is 7.05. The molecule has 0 aliphatic carbocycles. The molecule has 1 aromatic heterocycles. The number of hydrogen-bond donors (Lipinski definition) is 2. The molecule has 0 aliphatic rings. The molecule has 0 fully saturated rings. The monoisotopic (exact) mass is 289 g/mol. The van der Waals surface area contributed by atoms with Crippen molar-refractivity contribution in [1.82, 2.24) is 10.3 Å². The molecule has 2 aromatic rings. The number of thiazole rings is 1. The third kappa shape index (κ3) is 3.81. The van der Waals surface area contributed by atoms with Gasteiger partial charge in [0.15, 0.2) is 5.13 Å². The molecule has 0 unspecified atom stereocenters. The number of unbranched alkanes of at least 4 members (excludes halogenated alkanes) is 1. The highest BCUT2D eigenvalue weighted by Gasteiger charge is 2.10. The Bertz CT molecular complexity index is 580. The minimum absolute atomic E-state index is 0.104. The summed E-state index contributed by atoms with van der Waals surface area (Å²) >= 11 is 1.44. The molecule has 5 heteroatoms. The molecule has 2 N–H and O–H groups in total. The summed E-state index contributed by atoms with van der Waals surface area (Å²) in [5.41, 5.74) is 2.64. The van der Waals surface area contributed by atoms with Crippen LogP contribution in [-0.2, 0) is 0 Å². The summed E-state index contributed by atoms with van der Waals surface area (Å²) in [6.45, 7) is 4.83. The topological polar surface area (TPSA) is 54.0 Å². The van der Waals surface area contributed by atoms with Crippen molar-refractivity contribution in [2.24, 2.45) is 0 Å². The van der Waals surface area contributed by atoms with Gasteiger partial charge in [-0.1, -0.05) is 31.5 Å². The third-order valence-corrected chi connectivity index (χ3v) is 3.70. The number of hydrogen-bond acceptors (Lipinski definition) is 4. The summed E-state index contributed by atoms with van der Waals surface area (Å²) in [6.07, 6.45) is 2.06. The normalized spacial score (nSPS) is 10.3. The number of anilines is 2. The molecule has 0 aliphatic heterocycles. The highest BCUT2D eigenvalue weighted by molar-refractivity contribution is 7.14. The van der Waals surface area contributed by atoms with Crippen LogP contribution in [0.4, 0.5) is 10.8 Å². The van der Waals surface area contributed by atoms with Crippen molar-refractivity contribution < 1.29 is 4.79 Å². The molecule has 4 nitrogen and oxygen atoms in total. The molecule has 0 bridgehead atoms. The average Bonchev–Trinajstić information content (AvgIpc) is 2.90. The van der Waals surface area contributed by atoms with Crippen LogP contribution in [0.1, 0.15) is 35.8 Å². The first-order chi connectivity index (χ1) is 9.70. The van der Waals surface area contributed by atoms with Gasteiger partial charge in [0.2, 0.25) is 0 Å². The molecular formula is C15H19N3OS. The lowest BCUT2D eigenvalue weighted by Crippen LogP contribution is -2.24. The van der Waals surface area contributed by atoms with E-state index < -0.39 is 0 Å². The van der Waals surface area contributed by atoms with E-state index in [2.05, 4.69) is 22.5 Å². The molecule has 2 rings (SSSR count). The van der Waals surface area contributed by atoms with Crippen LogP contribution in [0.25, 0.3) is 0 Å². The molecule has 0 saturated heterocycles. The summed E-state index contributed by atoms with van der Waals surface area (Å²) in [7, 11) is 0. The van der Waals surface area contributed by atoms with Crippen LogP contribution in [0.3, 0.4) is 0 Å². The Morgan fingerprint density at radius 2 is 2.15 bits per heavy atom. The maximum Gasteiger partial charge on any atom is 0.270 e. The molecule has 1 amide bonds. The largest absolute Gasteiger partial charge is 0.351 e. The number of benzene rings is 1. The Kier molecular flexibility index (Phi) is 5.12. The van der Waals surface area contributed by atoms with Crippen molar-refractivity contribution in [3.05, 3.63) is 40.9 Å². The van der Waals surface area contributed by atoms with Gasteiger partial charge in [-0.3, -0.25) is 4.79 Å². The van der Waals surface area contributed by atoms with E-state index in [0.717, 1.165) is 29.2 Å². The number of nitrogens with one attached hydrogen (secondary N) is 2. The van der Waals surface area contributed by atoms with Crippen molar-refractivity contribution in [2.45, 2.75) is 26.7 Å². The smallest absolute Gasteiger partial charge is 0.270 e. The van der Waals surface area contributed by atoms with Crippen molar-refractivity contribution in [2.75, 3.05) is 11.9 Å². The lowest BCUT2D eigenvalue weighted by molar-refractivity contribution is 0.0949. The summed E-state index contributed by atoms with van der Waals surface area (Å²) in [6, 6.07) is 8.00. The first kappa shape index (κ1) is 14.5. The standard InChI is InChI=1S/C15H19N3OS/c1-3-4-9-16-14(19)13-10-20-15(18-13)17-12-8-6-5-7-11(12)2/h5-8,10H,3-4,9H2,1-2H3,(H,16,19)(H,17,18). The van der Waals surface area contributed by atoms with Gasteiger partial charge in [-0.25, -0.2) is 4.98 Å². The molecule has 1 heterocycles. The lowest BCUT2D eigenvalue weighted by Gasteiger charge is -2.05. The molecule has 0 spiro atoms. The van der Waals surface area contributed by atoms with E-state index in [4.69, 9.17) is 0 Å². The number of nitrogens with zero attached hydrogens (tertiary/aromatic N) is 1. The van der Waals surface area contributed by atoms with Crippen molar-refractivity contribution in [3.63, 3.8) is 0 Å². The Morgan fingerprint density at radius 3 is 2.90 bits per heavy atom. The summed E-state index contributed by atoms with van der Waals surface area (Å²) in [5.74, 6) is -0.104. The highest BCUT2D eigenvalue weighted by Crippen LogP contribution is 2.23. The van der Waals surface area contributed by atoms with Gasteiger partial charge in [-0.05, 0) is 25.0 Å². The van der Waals surface area contributed by atoms with Gasteiger partial charge in [-0.2, -0.15) is 0 Å². The maximum atomic E-state index is 11.9. The Labute approximate surface area is 123 Å². The maximum absolute atomic E-state index is 11.9. The fourth-order valence-corrected chi connectivity index (χ4v) is 2.44. The lowest BCUT2D eigenvalue weighted by atomic mass is 10.2. The van der Waals surface area contributed by atoms with Crippen LogP contribution >= 0.6 is 11.3 Å². The molecule has 20 heavy (non-hydrogen) atoms. The number of rotatable bonds is 6. The van der Waals surface area contributed by atoms with Gasteiger partial charge in [0.25, 0.3) is 5.91 Å². The minimum Gasteiger partial charge on any atom is -0.351 e. The fourth-order valence-electron chi connectivity index (χ4n) is 1.73. The summed E-state index contributed by atoms with van der Waals surface area (Å²) in [5, 5.41) is 8.62. The minimum atomic E-state index is -0.104. The van der Waals surface area contributed by atoms with E-state index in [9.17, 15) is 4.79 Å². The summed E-state index contributed by atoms with van der Waals surface area (Å²) in [4.78, 5) is 16.2. The Morgan fingerprint density at radius 1 is 1.35 bits per heavy atom. The molecular weight excluding hydrogens is 270 g/mol. The van der Waals surface area contributed by atoms with Crippen molar-refractivity contribution >= 4 is 28.1 Å². The summed E-state index contributed by atoms with van der Waals surface area (Å²) < 4.78 is 0. The van der Waals surface area contributed by atoms with Gasteiger partial charge < -0.3 is 10.6 Å². The molecule has 0 atom stereocenters. The predicted molar refractivity (Wildman–Crippen MR) is 83.8 cm³/mol. The predicted octanol–water partition coefficient (Wildman–Crippen LogP) is 3.73. The van der Waals surface area contributed by atoms with E-state index in [0.29, 0.717) is 12.2 Å². The van der Waals surface area contributed by atoms with Crippen LogP contribution in [0.5, 0.6) is 0 Å². The van der Waals surface area contributed by atoms with Crippen molar-refractivity contribution in [3.8, 4) is 0 Å². The zero-order valence-corrected chi connectivity index (χ0v) is 12.6. The van der Waals surface area contributed by atoms with Gasteiger partial charge >= 0.3 is 0 Å². The first-order valence-electron chi connectivity index (χ1n) is 6.77. The van der Waals surface area contributed by atoms with Crippen LogP contribution in [0.2, 0.25) is 0 Å². The van der Waals surface area contributed by atoms with Crippen LogP contribution < -0.4 is 10.6 Å². The Hall–Kier alpha value is -1.88. The SMILES string of the molecule is CCCCNC(=O)c1csc(Nc2ccccc2C)n1. The first-order valence-corrected chi connectivity index (χ1v) is 7.65. The second-order valence-electron chi connectivity index (χ2n) is 4.59. The number of carbonyl (C=O) groups excluding carboxylic acids is 1. The van der Waals surface area contributed by atoms with Crippen LogP contribution in [-0.4, -0.2) is 17.4 Å². The second-order valence-corrected chi connectivity index (χ2v) is 5.45. The van der Waals surface area contributed by atoms with E-state index in [1.807, 2.05) is 31.2 Å². The van der Waals surface area contributed by atoms with Gasteiger partial charge in [0.1, 0.15) is 5.69 Å². The van der Waals surface area contributed by atoms with Gasteiger partial charge in [0, 0.05) is 17.6 Å². The van der Waals surface area contributed by atoms with Crippen LogP contribution in [0, 0.1) is 6.92 Å². The molecule has 0 saturated carbocycles. The van der Waals surface area contributed by atoms with Gasteiger partial charge in [0.05, 0.1) is 0 Å². The number of amides is 1. The number of aryl methyl sites for hydroxylation is 1. The fraction of sp³-hybridized carbons (Fsp3) is 0.333. The number of carbonyl (C=O) groups is 1. The average molecular weight is 289 g/mol. The number of aromatic nitrogens is 1. The Balaban J connectivity index is 1.99. The zero-order valence-electron chi connectivity index (χ0n) is 11.8. The van der Waals surface area contributed by atoms with E-state index >= 15 is 0 Å². The molecule has 106 valence electrons. The van der Waals surface area contributed by atoms with Crippen molar-refractivity contribution in [1.29, 1.82) is 0 Å². The number of para-hydroxylation sites is 1. The molecule has 1 aromatic carbocycles. The zero-order chi connectivity index (χ0) is 14.4. The highest BCUT2D eigenvalue weighted by atomic mass is 32.1. The molecule has 0 radical (unpaired) electrons. The van der Waals surface area contributed by atoms with E-state index in [1.165, 1.54) is 11.3 Å². The van der Waals surface area contributed by atoms with E-state index in [1.54, 1.807) is 5.38 Å². The van der Waals surface area contributed by atoms with Gasteiger partial charge in [-0.15, -0.1) is 11.3 Å². The third-order valence-electron chi connectivity index (χ3n) is 2.94. The van der Waals surface area contributed by atoms with E-state index in [-0.39, 0.29) is 5.91 Å². The quantitative estimate of drug-likeness (QED) is 0.797.